The Morgan fingerprint density at radius 2 is 2.11 bits per heavy atom. The van der Waals surface area contributed by atoms with Crippen LogP contribution in [-0.4, -0.2) is 38.5 Å². The molecule has 1 saturated heterocycles. The summed E-state index contributed by atoms with van der Waals surface area (Å²) in [6.07, 6.45) is 3.76. The molecule has 0 amide bonds. The van der Waals surface area contributed by atoms with E-state index in [2.05, 4.69) is 20.8 Å². The molecular weight excluding hydrogens is 258 g/mol. The molecule has 1 N–H and O–H groups in total. The molecule has 100 valence electrons. The number of para-hydroxylation sites is 1. The van der Waals surface area contributed by atoms with Crippen LogP contribution in [0, 0.1) is 0 Å². The van der Waals surface area contributed by atoms with Crippen molar-refractivity contribution in [2.45, 2.75) is 29.7 Å². The summed E-state index contributed by atoms with van der Waals surface area (Å²) in [5, 5.41) is 17.0. The molecule has 6 heteroatoms. The minimum Gasteiger partial charge on any atom is -0.316 e. The topological polar surface area (TPSA) is 55.6 Å². The minimum atomic E-state index is 0.552. The van der Waals surface area contributed by atoms with E-state index in [1.807, 2.05) is 35.0 Å². The van der Waals surface area contributed by atoms with E-state index in [0.29, 0.717) is 5.25 Å². The van der Waals surface area contributed by atoms with Crippen LogP contribution >= 0.6 is 11.8 Å². The van der Waals surface area contributed by atoms with Crippen molar-refractivity contribution in [3.63, 3.8) is 0 Å². The molecule has 5 nitrogen and oxygen atoms in total. The van der Waals surface area contributed by atoms with Crippen molar-refractivity contribution in [1.82, 2.24) is 25.5 Å². The fourth-order valence-electron chi connectivity index (χ4n) is 2.22. The van der Waals surface area contributed by atoms with Crippen molar-refractivity contribution in [1.29, 1.82) is 0 Å². The first-order valence-corrected chi connectivity index (χ1v) is 7.52. The molecule has 0 spiro atoms. The zero-order valence-corrected chi connectivity index (χ0v) is 11.5. The van der Waals surface area contributed by atoms with Gasteiger partial charge < -0.3 is 5.32 Å². The molecule has 1 aliphatic heterocycles. The summed E-state index contributed by atoms with van der Waals surface area (Å²) >= 11 is 1.77. The summed E-state index contributed by atoms with van der Waals surface area (Å²) in [7, 11) is 0. The largest absolute Gasteiger partial charge is 0.316 e. The van der Waals surface area contributed by atoms with Crippen molar-refractivity contribution in [3.05, 3.63) is 30.3 Å². The van der Waals surface area contributed by atoms with E-state index in [4.69, 9.17) is 0 Å². The second kappa shape index (κ2) is 6.16. The fourth-order valence-corrected chi connectivity index (χ4v) is 3.33. The fraction of sp³-hybridized carbons (Fsp3) is 0.462. The molecule has 1 unspecified atom stereocenters. The predicted molar refractivity (Wildman–Crippen MR) is 75.5 cm³/mol. The normalized spacial score (nSPS) is 20.1. The van der Waals surface area contributed by atoms with Gasteiger partial charge in [-0.15, -0.1) is 5.10 Å². The summed E-state index contributed by atoms with van der Waals surface area (Å²) in [6.45, 7) is 2.16. The van der Waals surface area contributed by atoms with E-state index in [0.717, 1.165) is 23.9 Å². The molecule has 1 atom stereocenters. The molecule has 1 aromatic carbocycles. The van der Waals surface area contributed by atoms with E-state index in [-0.39, 0.29) is 0 Å². The number of nitrogens with one attached hydrogen (secondary N) is 1. The van der Waals surface area contributed by atoms with Crippen LogP contribution in [0.2, 0.25) is 0 Å². The second-order valence-corrected chi connectivity index (χ2v) is 5.92. The maximum Gasteiger partial charge on any atom is 0.214 e. The smallest absolute Gasteiger partial charge is 0.214 e. The third kappa shape index (κ3) is 3.13. The van der Waals surface area contributed by atoms with E-state index in [1.54, 1.807) is 11.8 Å². The minimum absolute atomic E-state index is 0.552. The molecule has 3 rings (SSSR count). The first kappa shape index (κ1) is 12.6. The highest BCUT2D eigenvalue weighted by Gasteiger charge is 2.17. The van der Waals surface area contributed by atoms with Crippen molar-refractivity contribution in [2.75, 3.05) is 13.1 Å². The van der Waals surface area contributed by atoms with Crippen molar-refractivity contribution >= 4 is 11.8 Å². The van der Waals surface area contributed by atoms with Crippen LogP contribution in [-0.2, 0) is 0 Å². The Labute approximate surface area is 116 Å². The van der Waals surface area contributed by atoms with Crippen LogP contribution in [0.15, 0.2) is 35.5 Å². The van der Waals surface area contributed by atoms with E-state index < -0.39 is 0 Å². The van der Waals surface area contributed by atoms with Crippen molar-refractivity contribution < 1.29 is 0 Å². The SMILES string of the molecule is c1ccc(-n2nnnc2SC2CCCCNC2)cc1. The molecule has 0 bridgehead atoms. The molecule has 0 aliphatic carbocycles. The first-order chi connectivity index (χ1) is 9.43. The number of thioether (sulfide) groups is 1. The van der Waals surface area contributed by atoms with Gasteiger partial charge in [0.1, 0.15) is 0 Å². The highest BCUT2D eigenvalue weighted by atomic mass is 32.2. The third-order valence-electron chi connectivity index (χ3n) is 3.22. The van der Waals surface area contributed by atoms with E-state index in [9.17, 15) is 0 Å². The number of aromatic nitrogens is 4. The Morgan fingerprint density at radius 3 is 3.00 bits per heavy atom. The van der Waals surface area contributed by atoms with Gasteiger partial charge in [0.25, 0.3) is 0 Å². The molecule has 1 aliphatic rings. The molecule has 19 heavy (non-hydrogen) atoms. The highest BCUT2D eigenvalue weighted by molar-refractivity contribution is 7.99. The van der Waals surface area contributed by atoms with E-state index >= 15 is 0 Å². The molecule has 2 aromatic rings. The zero-order valence-electron chi connectivity index (χ0n) is 10.7. The lowest BCUT2D eigenvalue weighted by Gasteiger charge is -2.12. The Balaban J connectivity index is 1.76. The maximum atomic E-state index is 4.15. The Bertz CT molecular complexity index is 505. The summed E-state index contributed by atoms with van der Waals surface area (Å²) in [6, 6.07) is 10.0. The van der Waals surface area contributed by atoms with Gasteiger partial charge in [0.2, 0.25) is 5.16 Å². The summed E-state index contributed by atoms with van der Waals surface area (Å²) < 4.78 is 1.82. The Morgan fingerprint density at radius 1 is 1.21 bits per heavy atom. The number of hydrogen-bond acceptors (Lipinski definition) is 5. The van der Waals surface area contributed by atoms with Crippen molar-refractivity contribution in [3.8, 4) is 5.69 Å². The molecule has 2 heterocycles. The highest BCUT2D eigenvalue weighted by Crippen LogP contribution is 2.26. The van der Waals surface area contributed by atoms with Crippen LogP contribution < -0.4 is 5.32 Å². The average Bonchev–Trinajstić information content (AvgIpc) is 2.75. The van der Waals surface area contributed by atoms with Crippen molar-refractivity contribution in [2.24, 2.45) is 0 Å². The lowest BCUT2D eigenvalue weighted by atomic mass is 10.2. The molecule has 1 aromatic heterocycles. The van der Waals surface area contributed by atoms with Gasteiger partial charge in [0.05, 0.1) is 5.69 Å². The second-order valence-electron chi connectivity index (χ2n) is 4.65. The van der Waals surface area contributed by atoms with E-state index in [1.165, 1.54) is 19.3 Å². The van der Waals surface area contributed by atoms with Gasteiger partial charge in [-0.25, -0.2) is 0 Å². The van der Waals surface area contributed by atoms with Crippen LogP contribution in [0.1, 0.15) is 19.3 Å². The quantitative estimate of drug-likeness (QED) is 0.927. The Hall–Kier alpha value is -1.40. The number of rotatable bonds is 3. The van der Waals surface area contributed by atoms with Crippen LogP contribution in [0.3, 0.4) is 0 Å². The molecule has 0 radical (unpaired) electrons. The monoisotopic (exact) mass is 275 g/mol. The first-order valence-electron chi connectivity index (χ1n) is 6.64. The standard InChI is InChI=1S/C13H17N5S/c1-2-6-11(7-3-1)18-13(15-16-17-18)19-12-8-4-5-9-14-10-12/h1-3,6-7,12,14H,4-5,8-10H2. The number of benzene rings is 1. The van der Waals surface area contributed by atoms with Gasteiger partial charge in [-0.2, -0.15) is 4.68 Å². The van der Waals surface area contributed by atoms with Gasteiger partial charge in [-0.3, -0.25) is 0 Å². The lowest BCUT2D eigenvalue weighted by molar-refractivity contribution is 0.704. The van der Waals surface area contributed by atoms with Crippen LogP contribution in [0.25, 0.3) is 5.69 Å². The summed E-state index contributed by atoms with van der Waals surface area (Å²) in [5.74, 6) is 0. The summed E-state index contributed by atoms with van der Waals surface area (Å²) in [4.78, 5) is 0. The molecule has 0 saturated carbocycles. The number of hydrogen-bond donors (Lipinski definition) is 1. The summed E-state index contributed by atoms with van der Waals surface area (Å²) in [5.41, 5.74) is 1.01. The number of nitrogens with zero attached hydrogens (tertiary/aromatic N) is 4. The van der Waals surface area contributed by atoms with Gasteiger partial charge in [-0.05, 0) is 41.9 Å². The maximum absolute atomic E-state index is 4.15. The zero-order chi connectivity index (χ0) is 12.9. The average molecular weight is 275 g/mol. The van der Waals surface area contributed by atoms with Crippen LogP contribution in [0.5, 0.6) is 0 Å². The molecular formula is C13H17N5S. The Kier molecular flexibility index (Phi) is 4.10. The van der Waals surface area contributed by atoms with Crippen LogP contribution in [0.4, 0.5) is 0 Å². The predicted octanol–water partition coefficient (Wildman–Crippen LogP) is 1.90. The third-order valence-corrected chi connectivity index (χ3v) is 4.42. The lowest BCUT2D eigenvalue weighted by Crippen LogP contribution is -2.22. The molecule has 1 fully saturated rings. The van der Waals surface area contributed by atoms with Gasteiger partial charge in [0, 0.05) is 11.8 Å². The van der Waals surface area contributed by atoms with Gasteiger partial charge in [-0.1, -0.05) is 36.4 Å². The van der Waals surface area contributed by atoms with Gasteiger partial charge >= 0.3 is 0 Å². The van der Waals surface area contributed by atoms with Gasteiger partial charge in [0.15, 0.2) is 0 Å². The number of tetrazole rings is 1.